The van der Waals surface area contributed by atoms with E-state index in [0.29, 0.717) is 19.8 Å². The van der Waals surface area contributed by atoms with Crippen LogP contribution >= 0.6 is 0 Å². The smallest absolute Gasteiger partial charge is 0.229 e. The molecule has 4 nitrogen and oxygen atoms in total. The molecule has 1 aromatic carbocycles. The number of rotatable bonds is 5. The maximum absolute atomic E-state index is 12.9. The van der Waals surface area contributed by atoms with Gasteiger partial charge in [0, 0.05) is 19.6 Å². The molecule has 1 fully saturated rings. The van der Waals surface area contributed by atoms with E-state index in [9.17, 15) is 9.18 Å². The van der Waals surface area contributed by atoms with Gasteiger partial charge >= 0.3 is 0 Å². The zero-order valence-corrected chi connectivity index (χ0v) is 11.9. The number of carbonyl (C=O) groups is 1. The van der Waals surface area contributed by atoms with Gasteiger partial charge in [0.15, 0.2) is 0 Å². The van der Waals surface area contributed by atoms with E-state index in [-0.39, 0.29) is 23.7 Å². The van der Waals surface area contributed by atoms with Crippen molar-refractivity contribution in [2.45, 2.75) is 19.5 Å². The molecule has 0 bridgehead atoms. The van der Waals surface area contributed by atoms with Crippen LogP contribution in [0.1, 0.15) is 12.5 Å². The summed E-state index contributed by atoms with van der Waals surface area (Å²) < 4.78 is 18.3. The van der Waals surface area contributed by atoms with Crippen molar-refractivity contribution in [3.8, 4) is 0 Å². The standard InChI is InChI=1S/C15H21FN2O2/c1-3-17-14-10-20-9-13(14)15(19)18(2)8-11-4-6-12(16)7-5-11/h4-7,13-14,17H,3,8-10H2,1-2H3. The van der Waals surface area contributed by atoms with Gasteiger partial charge in [0.2, 0.25) is 5.91 Å². The molecule has 5 heteroatoms. The lowest BCUT2D eigenvalue weighted by atomic mass is 10.0. The van der Waals surface area contributed by atoms with Crippen LogP contribution in [0, 0.1) is 11.7 Å². The highest BCUT2D eigenvalue weighted by molar-refractivity contribution is 5.79. The van der Waals surface area contributed by atoms with Gasteiger partial charge in [0.25, 0.3) is 0 Å². The molecule has 0 radical (unpaired) electrons. The highest BCUT2D eigenvalue weighted by atomic mass is 19.1. The first-order chi connectivity index (χ1) is 9.61. The lowest BCUT2D eigenvalue weighted by Gasteiger charge is -2.24. The quantitative estimate of drug-likeness (QED) is 0.886. The summed E-state index contributed by atoms with van der Waals surface area (Å²) >= 11 is 0. The van der Waals surface area contributed by atoms with Gasteiger partial charge in [-0.3, -0.25) is 4.79 Å². The summed E-state index contributed by atoms with van der Waals surface area (Å²) in [5, 5.41) is 3.28. The number of likely N-dealkylation sites (N-methyl/N-ethyl adjacent to an activating group) is 1. The first-order valence-corrected chi connectivity index (χ1v) is 6.92. The van der Waals surface area contributed by atoms with E-state index >= 15 is 0 Å². The number of benzene rings is 1. The fourth-order valence-electron chi connectivity index (χ4n) is 2.49. The molecule has 0 aliphatic carbocycles. The maximum Gasteiger partial charge on any atom is 0.229 e. The third-order valence-corrected chi connectivity index (χ3v) is 3.57. The SMILES string of the molecule is CCNC1COCC1C(=O)N(C)Cc1ccc(F)cc1. The molecule has 0 saturated carbocycles. The summed E-state index contributed by atoms with van der Waals surface area (Å²) in [5.41, 5.74) is 0.918. The average Bonchev–Trinajstić information content (AvgIpc) is 2.89. The molecule has 2 unspecified atom stereocenters. The molecule has 2 rings (SSSR count). The molecular weight excluding hydrogens is 259 g/mol. The number of nitrogens with one attached hydrogen (secondary N) is 1. The fourth-order valence-corrected chi connectivity index (χ4v) is 2.49. The largest absolute Gasteiger partial charge is 0.379 e. The number of hydrogen-bond acceptors (Lipinski definition) is 3. The third kappa shape index (κ3) is 3.55. The zero-order valence-electron chi connectivity index (χ0n) is 11.9. The first-order valence-electron chi connectivity index (χ1n) is 6.92. The van der Waals surface area contributed by atoms with E-state index in [1.165, 1.54) is 12.1 Å². The summed E-state index contributed by atoms with van der Waals surface area (Å²) in [7, 11) is 1.77. The van der Waals surface area contributed by atoms with Crippen LogP contribution in [0.5, 0.6) is 0 Å². The molecule has 1 aromatic rings. The van der Waals surface area contributed by atoms with Gasteiger partial charge in [0.1, 0.15) is 5.82 Å². The second kappa shape index (κ2) is 6.81. The first kappa shape index (κ1) is 14.9. The molecular formula is C15H21FN2O2. The predicted molar refractivity (Wildman–Crippen MR) is 74.6 cm³/mol. The Morgan fingerprint density at radius 1 is 1.40 bits per heavy atom. The normalized spacial score (nSPS) is 21.9. The predicted octanol–water partition coefficient (Wildman–Crippen LogP) is 1.41. The van der Waals surface area contributed by atoms with Gasteiger partial charge in [-0.2, -0.15) is 0 Å². The molecule has 110 valence electrons. The van der Waals surface area contributed by atoms with E-state index in [0.717, 1.165) is 12.1 Å². The molecule has 0 aromatic heterocycles. The number of ether oxygens (including phenoxy) is 1. The summed E-state index contributed by atoms with van der Waals surface area (Å²) in [5.74, 6) is -0.336. The van der Waals surface area contributed by atoms with E-state index in [4.69, 9.17) is 4.74 Å². The lowest BCUT2D eigenvalue weighted by Crippen LogP contribution is -2.44. The number of carbonyl (C=O) groups excluding carboxylic acids is 1. The number of amides is 1. The Balaban J connectivity index is 1.96. The maximum atomic E-state index is 12.9. The summed E-state index contributed by atoms with van der Waals surface area (Å²) in [6, 6.07) is 6.31. The minimum atomic E-state index is -0.265. The lowest BCUT2D eigenvalue weighted by molar-refractivity contribution is -0.135. The summed E-state index contributed by atoms with van der Waals surface area (Å²) in [6.45, 7) is 4.36. The summed E-state index contributed by atoms with van der Waals surface area (Å²) in [6.07, 6.45) is 0. The van der Waals surface area contributed by atoms with Crippen molar-refractivity contribution in [3.63, 3.8) is 0 Å². The molecule has 1 aliphatic rings. The Kier molecular flexibility index (Phi) is 5.09. The van der Waals surface area contributed by atoms with Crippen molar-refractivity contribution >= 4 is 5.91 Å². The van der Waals surface area contributed by atoms with Crippen molar-refractivity contribution < 1.29 is 13.9 Å². The van der Waals surface area contributed by atoms with Crippen LogP contribution in [0.4, 0.5) is 4.39 Å². The van der Waals surface area contributed by atoms with Crippen LogP contribution in [0.2, 0.25) is 0 Å². The Labute approximate surface area is 118 Å². The van der Waals surface area contributed by atoms with Crippen molar-refractivity contribution in [2.24, 2.45) is 5.92 Å². The van der Waals surface area contributed by atoms with E-state index in [1.807, 2.05) is 6.92 Å². The highest BCUT2D eigenvalue weighted by Crippen LogP contribution is 2.17. The van der Waals surface area contributed by atoms with Crippen LogP contribution in [-0.4, -0.2) is 43.7 Å². The molecule has 1 aliphatic heterocycles. The van der Waals surface area contributed by atoms with Gasteiger partial charge < -0.3 is 15.0 Å². The van der Waals surface area contributed by atoms with Crippen LogP contribution in [0.15, 0.2) is 24.3 Å². The molecule has 1 heterocycles. The minimum Gasteiger partial charge on any atom is -0.379 e. The fraction of sp³-hybridized carbons (Fsp3) is 0.533. The molecule has 20 heavy (non-hydrogen) atoms. The van der Waals surface area contributed by atoms with E-state index < -0.39 is 0 Å². The second-order valence-corrected chi connectivity index (χ2v) is 5.13. The van der Waals surface area contributed by atoms with Gasteiger partial charge in [-0.25, -0.2) is 4.39 Å². The van der Waals surface area contributed by atoms with Crippen LogP contribution in [0.25, 0.3) is 0 Å². The van der Waals surface area contributed by atoms with E-state index in [1.54, 1.807) is 24.1 Å². The summed E-state index contributed by atoms with van der Waals surface area (Å²) in [4.78, 5) is 14.1. The van der Waals surface area contributed by atoms with Gasteiger partial charge in [-0.1, -0.05) is 19.1 Å². The molecule has 1 saturated heterocycles. The molecule has 2 atom stereocenters. The minimum absolute atomic E-state index is 0.0674. The number of halogens is 1. The van der Waals surface area contributed by atoms with Crippen LogP contribution in [0.3, 0.4) is 0 Å². The zero-order chi connectivity index (χ0) is 14.5. The average molecular weight is 280 g/mol. The monoisotopic (exact) mass is 280 g/mol. The van der Waals surface area contributed by atoms with Gasteiger partial charge in [0.05, 0.1) is 19.1 Å². The van der Waals surface area contributed by atoms with Crippen LogP contribution < -0.4 is 5.32 Å². The Morgan fingerprint density at radius 2 is 2.10 bits per heavy atom. The Morgan fingerprint density at radius 3 is 2.75 bits per heavy atom. The van der Waals surface area contributed by atoms with Crippen molar-refractivity contribution in [1.82, 2.24) is 10.2 Å². The van der Waals surface area contributed by atoms with Gasteiger partial charge in [-0.05, 0) is 24.2 Å². The van der Waals surface area contributed by atoms with Gasteiger partial charge in [-0.15, -0.1) is 0 Å². The number of hydrogen-bond donors (Lipinski definition) is 1. The Bertz CT molecular complexity index is 450. The topological polar surface area (TPSA) is 41.6 Å². The molecule has 0 spiro atoms. The number of nitrogens with zero attached hydrogens (tertiary/aromatic N) is 1. The second-order valence-electron chi connectivity index (χ2n) is 5.13. The van der Waals surface area contributed by atoms with Crippen molar-refractivity contribution in [3.05, 3.63) is 35.6 Å². The van der Waals surface area contributed by atoms with Crippen LogP contribution in [-0.2, 0) is 16.1 Å². The molecule has 1 amide bonds. The highest BCUT2D eigenvalue weighted by Gasteiger charge is 2.35. The van der Waals surface area contributed by atoms with E-state index in [2.05, 4.69) is 5.32 Å². The third-order valence-electron chi connectivity index (χ3n) is 3.57. The van der Waals surface area contributed by atoms with Crippen molar-refractivity contribution in [2.75, 3.05) is 26.8 Å². The Hall–Kier alpha value is -1.46. The molecule has 1 N–H and O–H groups in total. The van der Waals surface area contributed by atoms with Crippen molar-refractivity contribution in [1.29, 1.82) is 0 Å².